The lowest BCUT2D eigenvalue weighted by atomic mass is 9.97. The Morgan fingerprint density at radius 2 is 1.67 bits per heavy atom. The van der Waals surface area contributed by atoms with Crippen LogP contribution in [0.4, 0.5) is 0 Å². The fourth-order valence-corrected chi connectivity index (χ4v) is 4.24. The Balaban J connectivity index is 1.97. The molecular formula is C24H34N2O4. The first-order valence-corrected chi connectivity index (χ1v) is 11.1. The van der Waals surface area contributed by atoms with Gasteiger partial charge in [-0.15, -0.1) is 0 Å². The minimum Gasteiger partial charge on any atom is -0.493 e. The Labute approximate surface area is 179 Å². The number of ether oxygens (including phenoxy) is 2. The van der Waals surface area contributed by atoms with Gasteiger partial charge in [-0.05, 0) is 42.9 Å². The fraction of sp³-hybridized carbons (Fsp3) is 0.583. The quantitative estimate of drug-likeness (QED) is 0.450. The summed E-state index contributed by atoms with van der Waals surface area (Å²) in [4.78, 5) is 30.3. The average molecular weight is 415 g/mol. The number of carbonyl (C=O) groups excluding carboxylic acids is 2. The molecule has 0 N–H and O–H groups in total. The molecule has 1 aromatic rings. The molecule has 2 heterocycles. The van der Waals surface area contributed by atoms with E-state index in [1.807, 2.05) is 6.07 Å². The zero-order valence-corrected chi connectivity index (χ0v) is 18.7. The third-order valence-electron chi connectivity index (χ3n) is 6.15. The van der Waals surface area contributed by atoms with Crippen molar-refractivity contribution >= 4 is 17.4 Å². The molecule has 164 valence electrons. The summed E-state index contributed by atoms with van der Waals surface area (Å²) >= 11 is 0. The molecule has 0 atom stereocenters. The molecule has 0 spiro atoms. The number of benzene rings is 1. The Morgan fingerprint density at radius 1 is 0.967 bits per heavy atom. The molecule has 1 aromatic carbocycles. The molecule has 2 aliphatic rings. The molecular weight excluding hydrogens is 380 g/mol. The SMILES string of the molecule is CCCCCCN1C(=O)C(c2ccc(OC)c(OC)c2)=C(N2CCC(C)CC2)C1=O. The summed E-state index contributed by atoms with van der Waals surface area (Å²) in [5.41, 5.74) is 1.75. The largest absolute Gasteiger partial charge is 0.493 e. The van der Waals surface area contributed by atoms with E-state index in [1.165, 1.54) is 4.90 Å². The minimum atomic E-state index is -0.197. The zero-order valence-electron chi connectivity index (χ0n) is 18.7. The van der Waals surface area contributed by atoms with E-state index in [0.717, 1.165) is 51.6 Å². The van der Waals surface area contributed by atoms with Crippen molar-refractivity contribution < 1.29 is 19.1 Å². The highest BCUT2D eigenvalue weighted by Crippen LogP contribution is 2.37. The first-order chi connectivity index (χ1) is 14.5. The van der Waals surface area contributed by atoms with Gasteiger partial charge < -0.3 is 14.4 Å². The lowest BCUT2D eigenvalue weighted by Gasteiger charge is -2.32. The van der Waals surface area contributed by atoms with Gasteiger partial charge in [-0.2, -0.15) is 0 Å². The van der Waals surface area contributed by atoms with Crippen molar-refractivity contribution in [1.82, 2.24) is 9.80 Å². The van der Waals surface area contributed by atoms with Crippen molar-refractivity contribution in [3.8, 4) is 11.5 Å². The van der Waals surface area contributed by atoms with Gasteiger partial charge in [-0.3, -0.25) is 14.5 Å². The monoisotopic (exact) mass is 414 g/mol. The molecule has 2 amide bonds. The molecule has 0 aliphatic carbocycles. The maximum absolute atomic E-state index is 13.4. The van der Waals surface area contributed by atoms with E-state index < -0.39 is 0 Å². The Hall–Kier alpha value is -2.50. The van der Waals surface area contributed by atoms with E-state index in [9.17, 15) is 9.59 Å². The summed E-state index contributed by atoms with van der Waals surface area (Å²) in [7, 11) is 3.16. The van der Waals surface area contributed by atoms with Crippen LogP contribution in [-0.2, 0) is 9.59 Å². The summed E-state index contributed by atoms with van der Waals surface area (Å²) in [5.74, 6) is 1.44. The summed E-state index contributed by atoms with van der Waals surface area (Å²) in [5, 5.41) is 0. The highest BCUT2D eigenvalue weighted by atomic mass is 16.5. The van der Waals surface area contributed by atoms with Crippen LogP contribution in [-0.4, -0.2) is 55.5 Å². The first kappa shape index (κ1) is 22.2. The second-order valence-corrected chi connectivity index (χ2v) is 8.29. The normalized spacial score (nSPS) is 17.9. The maximum atomic E-state index is 13.4. The van der Waals surface area contributed by atoms with Crippen molar-refractivity contribution in [3.05, 3.63) is 29.5 Å². The number of hydrogen-bond acceptors (Lipinski definition) is 5. The van der Waals surface area contributed by atoms with Crippen molar-refractivity contribution in [1.29, 1.82) is 0 Å². The van der Waals surface area contributed by atoms with E-state index in [0.29, 0.717) is 40.8 Å². The standard InChI is InChI=1S/C24H34N2O4/c1-5-6-7-8-13-26-23(27)21(18-9-10-19(29-3)20(16-18)30-4)22(24(26)28)25-14-11-17(2)12-15-25/h9-10,16-17H,5-8,11-15H2,1-4H3. The number of carbonyl (C=O) groups is 2. The third kappa shape index (κ3) is 4.47. The van der Waals surface area contributed by atoms with Crippen LogP contribution >= 0.6 is 0 Å². The Bertz CT molecular complexity index is 809. The van der Waals surface area contributed by atoms with Crippen LogP contribution < -0.4 is 9.47 Å². The number of hydrogen-bond donors (Lipinski definition) is 0. The molecule has 30 heavy (non-hydrogen) atoms. The second-order valence-electron chi connectivity index (χ2n) is 8.29. The molecule has 0 aromatic heterocycles. The van der Waals surface area contributed by atoms with Gasteiger partial charge in [-0.25, -0.2) is 0 Å². The number of imide groups is 1. The Morgan fingerprint density at radius 3 is 2.30 bits per heavy atom. The topological polar surface area (TPSA) is 59.1 Å². The van der Waals surface area contributed by atoms with Gasteiger partial charge in [-0.1, -0.05) is 39.2 Å². The number of piperidine rings is 1. The van der Waals surface area contributed by atoms with Gasteiger partial charge in [0, 0.05) is 19.6 Å². The average Bonchev–Trinajstić information content (AvgIpc) is 3.01. The van der Waals surface area contributed by atoms with Gasteiger partial charge >= 0.3 is 0 Å². The molecule has 0 radical (unpaired) electrons. The number of unbranched alkanes of at least 4 members (excludes halogenated alkanes) is 3. The van der Waals surface area contributed by atoms with Gasteiger partial charge in [0.1, 0.15) is 5.70 Å². The van der Waals surface area contributed by atoms with E-state index >= 15 is 0 Å². The molecule has 1 fully saturated rings. The molecule has 0 saturated carbocycles. The molecule has 6 nitrogen and oxygen atoms in total. The van der Waals surface area contributed by atoms with Crippen molar-refractivity contribution in [2.45, 2.75) is 52.4 Å². The van der Waals surface area contributed by atoms with Gasteiger partial charge in [0.25, 0.3) is 11.8 Å². The summed E-state index contributed by atoms with van der Waals surface area (Å²) in [6.07, 6.45) is 6.16. The zero-order chi connectivity index (χ0) is 21.7. The first-order valence-electron chi connectivity index (χ1n) is 11.1. The van der Waals surface area contributed by atoms with Crippen LogP contribution in [0.2, 0.25) is 0 Å². The molecule has 2 aliphatic heterocycles. The molecule has 3 rings (SSSR count). The van der Waals surface area contributed by atoms with Crippen molar-refractivity contribution in [2.24, 2.45) is 5.92 Å². The smallest absolute Gasteiger partial charge is 0.277 e. The van der Waals surface area contributed by atoms with Gasteiger partial charge in [0.05, 0.1) is 19.8 Å². The van der Waals surface area contributed by atoms with E-state index in [1.54, 1.807) is 26.4 Å². The number of nitrogens with zero attached hydrogens (tertiary/aromatic N) is 2. The van der Waals surface area contributed by atoms with E-state index in [4.69, 9.17) is 9.47 Å². The number of rotatable bonds is 9. The Kier molecular flexibility index (Phi) is 7.40. The maximum Gasteiger partial charge on any atom is 0.277 e. The highest BCUT2D eigenvalue weighted by molar-refractivity contribution is 6.35. The highest BCUT2D eigenvalue weighted by Gasteiger charge is 2.41. The number of methoxy groups -OCH3 is 2. The summed E-state index contributed by atoms with van der Waals surface area (Å²) in [6.45, 7) is 6.47. The lowest BCUT2D eigenvalue weighted by Crippen LogP contribution is -2.38. The molecule has 1 saturated heterocycles. The number of likely N-dealkylation sites (tertiary alicyclic amines) is 1. The van der Waals surface area contributed by atoms with Crippen LogP contribution in [0.1, 0.15) is 57.9 Å². The lowest BCUT2D eigenvalue weighted by molar-refractivity contribution is -0.137. The second kappa shape index (κ2) is 10.0. The minimum absolute atomic E-state index is 0.157. The predicted octanol–water partition coefficient (Wildman–Crippen LogP) is 4.10. The van der Waals surface area contributed by atoms with Crippen molar-refractivity contribution in [2.75, 3.05) is 33.9 Å². The van der Waals surface area contributed by atoms with Crippen LogP contribution in [0.25, 0.3) is 5.57 Å². The summed E-state index contributed by atoms with van der Waals surface area (Å²) in [6, 6.07) is 5.43. The van der Waals surface area contributed by atoms with Crippen molar-refractivity contribution in [3.63, 3.8) is 0 Å². The van der Waals surface area contributed by atoms with Crippen LogP contribution in [0.5, 0.6) is 11.5 Å². The predicted molar refractivity (Wildman–Crippen MR) is 117 cm³/mol. The van der Waals surface area contributed by atoms with Crippen LogP contribution in [0, 0.1) is 5.92 Å². The van der Waals surface area contributed by atoms with E-state index in [-0.39, 0.29) is 11.8 Å². The van der Waals surface area contributed by atoms with Crippen LogP contribution in [0.15, 0.2) is 23.9 Å². The van der Waals surface area contributed by atoms with Gasteiger partial charge in [0.2, 0.25) is 0 Å². The van der Waals surface area contributed by atoms with Gasteiger partial charge in [0.15, 0.2) is 11.5 Å². The third-order valence-corrected chi connectivity index (χ3v) is 6.15. The fourth-order valence-electron chi connectivity index (χ4n) is 4.24. The molecule has 0 bridgehead atoms. The van der Waals surface area contributed by atoms with E-state index in [2.05, 4.69) is 18.7 Å². The van der Waals surface area contributed by atoms with Crippen LogP contribution in [0.3, 0.4) is 0 Å². The molecule has 0 unspecified atom stereocenters. The number of amides is 2. The molecule has 6 heteroatoms. The summed E-state index contributed by atoms with van der Waals surface area (Å²) < 4.78 is 10.8.